The van der Waals surface area contributed by atoms with E-state index in [-0.39, 0.29) is 13.2 Å². The van der Waals surface area contributed by atoms with Crippen molar-refractivity contribution in [2.24, 2.45) is 0 Å². The van der Waals surface area contributed by atoms with Gasteiger partial charge in [-0.2, -0.15) is 0 Å². The van der Waals surface area contributed by atoms with Crippen LogP contribution in [-0.4, -0.2) is 43.0 Å². The van der Waals surface area contributed by atoms with Crippen LogP contribution in [0.15, 0.2) is 41.8 Å². The van der Waals surface area contributed by atoms with Gasteiger partial charge in [-0.1, -0.05) is 6.58 Å². The number of ether oxygens (including phenoxy) is 3. The molecule has 0 aliphatic carbocycles. The molecule has 1 amide bonds. The predicted octanol–water partition coefficient (Wildman–Crippen LogP) is 2.55. The van der Waals surface area contributed by atoms with Gasteiger partial charge in [-0.3, -0.25) is 4.79 Å². The number of carbonyl (C=O) groups is 3. The van der Waals surface area contributed by atoms with Crippen LogP contribution in [0.2, 0.25) is 0 Å². The van der Waals surface area contributed by atoms with Crippen molar-refractivity contribution in [1.82, 2.24) is 5.32 Å². The summed E-state index contributed by atoms with van der Waals surface area (Å²) in [6, 6.07) is 6.95. The Bertz CT molecular complexity index is 631. The average Bonchev–Trinajstić information content (AvgIpc) is 2.58. The largest absolute Gasteiger partial charge is 0.463 e. The molecule has 7 nitrogen and oxygen atoms in total. The van der Waals surface area contributed by atoms with E-state index in [1.165, 1.54) is 6.92 Å². The van der Waals surface area contributed by atoms with E-state index >= 15 is 0 Å². The van der Waals surface area contributed by atoms with Crippen molar-refractivity contribution in [2.45, 2.75) is 24.3 Å². The van der Waals surface area contributed by atoms with E-state index in [4.69, 9.17) is 14.2 Å². The maximum absolute atomic E-state index is 12.1. The lowest BCUT2D eigenvalue weighted by atomic mass is 10.1. The molecule has 0 radical (unpaired) electrons. The molecule has 0 saturated carbocycles. The minimum atomic E-state index is -1.15. The lowest BCUT2D eigenvalue weighted by Gasteiger charge is -2.28. The molecule has 0 saturated heterocycles. The Kier molecular flexibility index (Phi) is 8.00. The van der Waals surface area contributed by atoms with E-state index in [2.05, 4.69) is 11.9 Å². The van der Waals surface area contributed by atoms with Crippen LogP contribution in [0.4, 0.5) is 4.79 Å². The van der Waals surface area contributed by atoms with Gasteiger partial charge in [0.05, 0.1) is 0 Å². The normalized spacial score (nSPS) is 12.4. The third kappa shape index (κ3) is 7.75. The van der Waals surface area contributed by atoms with E-state index in [0.717, 1.165) is 11.0 Å². The smallest absolute Gasteiger partial charge is 0.413 e. The molecule has 0 bridgehead atoms. The lowest BCUT2D eigenvalue weighted by Crippen LogP contribution is -2.54. The number of hydrogen-bond donors (Lipinski definition) is 1. The van der Waals surface area contributed by atoms with Crippen molar-refractivity contribution >= 4 is 29.8 Å². The molecule has 136 valence electrons. The van der Waals surface area contributed by atoms with Crippen LogP contribution in [0.3, 0.4) is 0 Å². The molecule has 1 aromatic rings. The minimum absolute atomic E-state index is 0.187. The summed E-state index contributed by atoms with van der Waals surface area (Å²) in [5, 5.41) is 2.55. The number of nitrogens with one attached hydrogen (secondary N) is 1. The summed E-state index contributed by atoms with van der Waals surface area (Å²) in [5.41, 5.74) is -1.15. The summed E-state index contributed by atoms with van der Waals surface area (Å²) in [5.74, 6) is -0.825. The fraction of sp³-hybridized carbons (Fsp3) is 0.353. The van der Waals surface area contributed by atoms with Gasteiger partial charge >= 0.3 is 18.0 Å². The first-order valence-corrected chi connectivity index (χ1v) is 8.57. The number of amides is 1. The fourth-order valence-electron chi connectivity index (χ4n) is 1.69. The van der Waals surface area contributed by atoms with E-state index < -0.39 is 23.6 Å². The first kappa shape index (κ1) is 20.6. The van der Waals surface area contributed by atoms with Gasteiger partial charge in [0, 0.05) is 17.9 Å². The molecular weight excluding hydrogens is 346 g/mol. The standard InChI is InChI=1S/C17H21NO6S/c1-5-15(20)23-11-17(3,10-22-12(2)19)18-16(21)24-13-6-8-14(25-4)9-7-13/h5-9H,1,10-11H2,2-4H3,(H,18,21). The Morgan fingerprint density at radius 1 is 1.20 bits per heavy atom. The molecule has 0 aliphatic rings. The first-order chi connectivity index (χ1) is 11.8. The maximum Gasteiger partial charge on any atom is 0.413 e. The van der Waals surface area contributed by atoms with Crippen molar-refractivity contribution in [3.8, 4) is 5.75 Å². The number of benzene rings is 1. The molecule has 1 N–H and O–H groups in total. The highest BCUT2D eigenvalue weighted by molar-refractivity contribution is 7.98. The molecule has 25 heavy (non-hydrogen) atoms. The zero-order chi connectivity index (χ0) is 18.9. The van der Waals surface area contributed by atoms with E-state index in [1.807, 2.05) is 18.4 Å². The van der Waals surface area contributed by atoms with Crippen LogP contribution in [0.1, 0.15) is 13.8 Å². The van der Waals surface area contributed by atoms with Gasteiger partial charge in [0.15, 0.2) is 0 Å². The van der Waals surface area contributed by atoms with Crippen LogP contribution in [0.5, 0.6) is 5.75 Å². The molecule has 0 aromatic heterocycles. The number of carbonyl (C=O) groups excluding carboxylic acids is 3. The Hall–Kier alpha value is -2.48. The SMILES string of the molecule is C=CC(=O)OCC(C)(COC(C)=O)NC(=O)Oc1ccc(SC)cc1. The summed E-state index contributed by atoms with van der Waals surface area (Å²) in [4.78, 5) is 35.4. The second-order valence-electron chi connectivity index (χ2n) is 5.34. The van der Waals surface area contributed by atoms with Crippen LogP contribution in [0, 0.1) is 0 Å². The molecule has 0 heterocycles. The Morgan fingerprint density at radius 3 is 2.32 bits per heavy atom. The van der Waals surface area contributed by atoms with Gasteiger partial charge in [-0.25, -0.2) is 9.59 Å². The second kappa shape index (κ2) is 9.73. The van der Waals surface area contributed by atoms with Crippen molar-refractivity contribution < 1.29 is 28.6 Å². The number of thioether (sulfide) groups is 1. The number of hydrogen-bond acceptors (Lipinski definition) is 7. The van der Waals surface area contributed by atoms with E-state index in [9.17, 15) is 14.4 Å². The Labute approximate surface area is 150 Å². The summed E-state index contributed by atoms with van der Waals surface area (Å²) in [6.45, 7) is 5.69. The minimum Gasteiger partial charge on any atom is -0.463 e. The molecule has 0 spiro atoms. The van der Waals surface area contributed by atoms with Crippen molar-refractivity contribution in [1.29, 1.82) is 0 Å². The molecule has 1 aromatic carbocycles. The van der Waals surface area contributed by atoms with Gasteiger partial charge in [-0.15, -0.1) is 11.8 Å². The maximum atomic E-state index is 12.1. The molecule has 1 rings (SSSR count). The topological polar surface area (TPSA) is 90.9 Å². The monoisotopic (exact) mass is 367 g/mol. The molecule has 8 heteroatoms. The average molecular weight is 367 g/mol. The first-order valence-electron chi connectivity index (χ1n) is 7.34. The summed E-state index contributed by atoms with van der Waals surface area (Å²) < 4.78 is 15.1. The highest BCUT2D eigenvalue weighted by Crippen LogP contribution is 2.19. The molecular formula is C17H21NO6S. The Balaban J connectivity index is 2.72. The highest BCUT2D eigenvalue weighted by Gasteiger charge is 2.31. The summed E-state index contributed by atoms with van der Waals surface area (Å²) in [7, 11) is 0. The molecule has 0 aliphatic heterocycles. The summed E-state index contributed by atoms with van der Waals surface area (Å²) in [6.07, 6.45) is 2.17. The van der Waals surface area contributed by atoms with E-state index in [0.29, 0.717) is 5.75 Å². The number of esters is 2. The van der Waals surface area contributed by atoms with Gasteiger partial charge < -0.3 is 19.5 Å². The fourth-order valence-corrected chi connectivity index (χ4v) is 2.10. The van der Waals surface area contributed by atoms with Crippen LogP contribution >= 0.6 is 11.8 Å². The lowest BCUT2D eigenvalue weighted by molar-refractivity contribution is -0.146. The van der Waals surface area contributed by atoms with E-state index in [1.54, 1.807) is 30.8 Å². The van der Waals surface area contributed by atoms with Crippen LogP contribution in [0.25, 0.3) is 0 Å². The third-order valence-electron chi connectivity index (χ3n) is 2.97. The van der Waals surface area contributed by atoms with Crippen LogP contribution in [-0.2, 0) is 19.1 Å². The molecule has 1 unspecified atom stereocenters. The number of rotatable bonds is 8. The van der Waals surface area contributed by atoms with Gasteiger partial charge in [0.25, 0.3) is 0 Å². The van der Waals surface area contributed by atoms with Crippen LogP contribution < -0.4 is 10.1 Å². The molecule has 0 fully saturated rings. The highest BCUT2D eigenvalue weighted by atomic mass is 32.2. The molecule has 1 atom stereocenters. The predicted molar refractivity (Wildman–Crippen MR) is 93.6 cm³/mol. The second-order valence-corrected chi connectivity index (χ2v) is 6.22. The van der Waals surface area contributed by atoms with Crippen molar-refractivity contribution in [3.05, 3.63) is 36.9 Å². The van der Waals surface area contributed by atoms with Gasteiger partial charge in [0.2, 0.25) is 0 Å². The summed E-state index contributed by atoms with van der Waals surface area (Å²) >= 11 is 1.57. The van der Waals surface area contributed by atoms with Gasteiger partial charge in [0.1, 0.15) is 24.5 Å². The zero-order valence-corrected chi connectivity index (χ0v) is 15.2. The third-order valence-corrected chi connectivity index (χ3v) is 3.71. The van der Waals surface area contributed by atoms with Crippen molar-refractivity contribution in [2.75, 3.05) is 19.5 Å². The van der Waals surface area contributed by atoms with Gasteiger partial charge in [-0.05, 0) is 37.4 Å². The zero-order valence-electron chi connectivity index (χ0n) is 14.4. The van der Waals surface area contributed by atoms with Crippen molar-refractivity contribution in [3.63, 3.8) is 0 Å². The quantitative estimate of drug-likeness (QED) is 0.429. The Morgan fingerprint density at radius 2 is 1.80 bits per heavy atom.